The van der Waals surface area contributed by atoms with Crippen LogP contribution in [0.4, 0.5) is 5.69 Å². The van der Waals surface area contributed by atoms with Crippen LogP contribution in [0.3, 0.4) is 0 Å². The minimum Gasteiger partial charge on any atom is -0.507 e. The Kier molecular flexibility index (Phi) is 14.1. The summed E-state index contributed by atoms with van der Waals surface area (Å²) in [6.07, 6.45) is 8.81. The predicted octanol–water partition coefficient (Wildman–Crippen LogP) is 6.52. The molecule has 2 aromatic carbocycles. The van der Waals surface area contributed by atoms with E-state index >= 15 is 0 Å². The first-order valence-electron chi connectivity index (χ1n) is 20.5. The van der Waals surface area contributed by atoms with E-state index in [2.05, 4.69) is 5.32 Å². The van der Waals surface area contributed by atoms with Gasteiger partial charge in [-0.1, -0.05) is 65.2 Å². The molecular weight excluding hydrogens is 760 g/mol. The SMILES string of the molecule is CO[C@H]1/C=C/O[C@@]2(C)Oc3c(C)c(O)c4c(O)c(c(CN(C)C5CCCCC5)c(O)c4c3C2=O)NC(=O)/C(C)=C\C=C\[C@H](C)[C@H](O)[C@@H](C)[C@@H](O)[C@H](C)[C@H](OC(C)=O)[C@H]1C. The summed E-state index contributed by atoms with van der Waals surface area (Å²) in [7, 11) is 3.35. The molecular formula is C45H62N2O12. The van der Waals surface area contributed by atoms with Crippen molar-refractivity contribution in [2.75, 3.05) is 19.5 Å². The number of hydrogen-bond donors (Lipinski definition) is 6. The lowest BCUT2D eigenvalue weighted by atomic mass is 9.78. The van der Waals surface area contributed by atoms with Crippen molar-refractivity contribution in [3.8, 4) is 23.0 Å². The van der Waals surface area contributed by atoms with Crippen LogP contribution in [0.15, 0.2) is 36.1 Å². The number of phenolic OH excluding ortho intramolecular Hbond substituents is 3. The number of rotatable bonds is 5. The van der Waals surface area contributed by atoms with Gasteiger partial charge in [0.2, 0.25) is 0 Å². The fraction of sp³-hybridized carbons (Fsp3) is 0.578. The summed E-state index contributed by atoms with van der Waals surface area (Å²) < 4.78 is 23.7. The Labute approximate surface area is 346 Å². The van der Waals surface area contributed by atoms with Crippen molar-refractivity contribution in [2.24, 2.45) is 23.7 Å². The van der Waals surface area contributed by atoms with Gasteiger partial charge < -0.3 is 49.8 Å². The maximum absolute atomic E-state index is 14.5. The highest BCUT2D eigenvalue weighted by atomic mass is 16.7. The summed E-state index contributed by atoms with van der Waals surface area (Å²) in [5, 5.41) is 61.2. The molecule has 0 unspecified atom stereocenters. The van der Waals surface area contributed by atoms with Crippen LogP contribution in [0.2, 0.25) is 0 Å². The number of carbonyl (C=O) groups is 3. The second-order valence-corrected chi connectivity index (χ2v) is 16.9. The number of Topliss-reactive ketones (excluding diaryl/α,β-unsaturated/α-hetero) is 1. The molecule has 3 aliphatic heterocycles. The van der Waals surface area contributed by atoms with Gasteiger partial charge in [-0.25, -0.2) is 0 Å². The number of methoxy groups -OCH3 is 1. The van der Waals surface area contributed by atoms with E-state index in [9.17, 15) is 39.9 Å². The van der Waals surface area contributed by atoms with Crippen molar-refractivity contribution in [2.45, 2.75) is 130 Å². The molecule has 1 fully saturated rings. The maximum Gasteiger partial charge on any atom is 0.312 e. The van der Waals surface area contributed by atoms with Gasteiger partial charge in [0.1, 0.15) is 23.4 Å². The first-order chi connectivity index (χ1) is 27.7. The number of aromatic hydroxyl groups is 3. The number of aliphatic hydroxyl groups is 2. The lowest BCUT2D eigenvalue weighted by molar-refractivity contribution is -0.160. The lowest BCUT2D eigenvalue weighted by Crippen LogP contribution is -2.46. The zero-order valence-corrected chi connectivity index (χ0v) is 35.9. The highest BCUT2D eigenvalue weighted by molar-refractivity contribution is 6.22. The molecule has 0 spiro atoms. The monoisotopic (exact) mass is 822 g/mol. The van der Waals surface area contributed by atoms with Crippen molar-refractivity contribution >= 4 is 34.1 Å². The van der Waals surface area contributed by atoms with Crippen molar-refractivity contribution in [3.63, 3.8) is 0 Å². The van der Waals surface area contributed by atoms with Crippen molar-refractivity contribution in [1.82, 2.24) is 4.90 Å². The molecule has 0 radical (unpaired) electrons. The molecule has 9 atom stereocenters. The van der Waals surface area contributed by atoms with Gasteiger partial charge >= 0.3 is 11.8 Å². The van der Waals surface area contributed by atoms with Gasteiger partial charge in [-0.15, -0.1) is 0 Å². The number of ketones is 1. The standard InChI is InChI=1S/C45H62N2O12/c1-22-15-14-16-23(2)44(55)46-35-30(21-47(9)29-17-12-11-13-18-29)39(52)32-33(40(35)53)38(51)27(6)42-34(32)43(54)45(8,59-42)57-20-19-31(56-10)24(3)41(58-28(7)48)26(5)37(50)25(4)36(22)49/h14-16,19-20,22,24-26,29,31,36-37,41,49-53H,11-13,17-18,21H2,1-10H3,(H,46,55)/b15-14+,20-19+,23-16-/t22-,24-,25+,26-,31-,36-,37+,41+,45-/m0/s1. The van der Waals surface area contributed by atoms with E-state index in [-0.39, 0.29) is 57.1 Å². The molecule has 14 nitrogen and oxygen atoms in total. The summed E-state index contributed by atoms with van der Waals surface area (Å²) in [6, 6.07) is 0.162. The van der Waals surface area contributed by atoms with Crippen LogP contribution in [-0.2, 0) is 30.3 Å². The molecule has 6 rings (SSSR count). The number of anilines is 1. The third kappa shape index (κ3) is 8.96. The fourth-order valence-corrected chi connectivity index (χ4v) is 8.84. The highest BCUT2D eigenvalue weighted by Gasteiger charge is 2.50. The van der Waals surface area contributed by atoms with Crippen LogP contribution in [0, 0.1) is 30.6 Å². The molecule has 59 heavy (non-hydrogen) atoms. The van der Waals surface area contributed by atoms with Crippen molar-refractivity contribution in [1.29, 1.82) is 0 Å². The summed E-state index contributed by atoms with van der Waals surface area (Å²) in [4.78, 5) is 42.7. The van der Waals surface area contributed by atoms with Gasteiger partial charge in [0.15, 0.2) is 5.75 Å². The zero-order chi connectivity index (χ0) is 43.7. The zero-order valence-electron chi connectivity index (χ0n) is 35.9. The summed E-state index contributed by atoms with van der Waals surface area (Å²) in [6.45, 7) is 12.8. The average Bonchev–Trinajstić information content (AvgIpc) is 3.47. The topological polar surface area (TPSA) is 205 Å². The summed E-state index contributed by atoms with van der Waals surface area (Å²) in [5.41, 5.74) is 0.209. The number of phenols is 3. The van der Waals surface area contributed by atoms with Crippen molar-refractivity contribution < 1.29 is 58.9 Å². The molecule has 6 N–H and O–H groups in total. The van der Waals surface area contributed by atoms with Crippen LogP contribution < -0.4 is 10.1 Å². The Balaban J connectivity index is 1.70. The minimum absolute atomic E-state index is 0.0509. The van der Waals surface area contributed by atoms with Crippen molar-refractivity contribution in [3.05, 3.63) is 52.8 Å². The van der Waals surface area contributed by atoms with E-state index in [1.165, 1.54) is 46.3 Å². The second-order valence-electron chi connectivity index (χ2n) is 16.9. The number of aliphatic hydroxyl groups excluding tert-OH is 2. The molecule has 1 aliphatic carbocycles. The number of amides is 1. The van der Waals surface area contributed by atoms with Gasteiger partial charge in [-0.2, -0.15) is 0 Å². The molecule has 324 valence electrons. The van der Waals surface area contributed by atoms with Gasteiger partial charge in [0, 0.05) is 79.3 Å². The molecule has 0 saturated heterocycles. The Morgan fingerprint density at radius 2 is 1.59 bits per heavy atom. The second kappa shape index (κ2) is 18.3. The Bertz CT molecular complexity index is 2020. The number of fused-ring (bicyclic) bond motifs is 14. The van der Waals surface area contributed by atoms with E-state index in [1.807, 2.05) is 11.9 Å². The first-order valence-corrected chi connectivity index (χ1v) is 20.5. The number of esters is 1. The van der Waals surface area contributed by atoms with E-state index < -0.39 is 88.8 Å². The number of nitrogens with one attached hydrogen (secondary N) is 1. The van der Waals surface area contributed by atoms with Crippen LogP contribution in [0.5, 0.6) is 23.0 Å². The van der Waals surface area contributed by atoms with E-state index in [4.69, 9.17) is 18.9 Å². The van der Waals surface area contributed by atoms with E-state index in [1.54, 1.807) is 46.8 Å². The van der Waals surface area contributed by atoms with Gasteiger partial charge in [-0.3, -0.25) is 19.3 Å². The van der Waals surface area contributed by atoms with Crippen LogP contribution in [0.25, 0.3) is 10.8 Å². The first kappa shape index (κ1) is 45.5. The van der Waals surface area contributed by atoms with Gasteiger partial charge in [0.05, 0.1) is 41.2 Å². The molecule has 1 saturated carbocycles. The third-order valence-electron chi connectivity index (χ3n) is 12.7. The molecule has 4 aliphatic rings. The molecule has 1 amide bonds. The molecule has 14 heteroatoms. The minimum atomic E-state index is -2.01. The molecule has 3 heterocycles. The average molecular weight is 823 g/mol. The summed E-state index contributed by atoms with van der Waals surface area (Å²) in [5.74, 6) is -7.81. The number of nitrogens with zero attached hydrogens (tertiary/aromatic N) is 1. The fourth-order valence-electron chi connectivity index (χ4n) is 8.84. The van der Waals surface area contributed by atoms with Crippen LogP contribution in [0.1, 0.15) is 102 Å². The Hall–Kier alpha value is -4.63. The van der Waals surface area contributed by atoms with E-state index in [0.29, 0.717) is 0 Å². The lowest BCUT2D eigenvalue weighted by Gasteiger charge is -2.38. The Morgan fingerprint density at radius 3 is 2.22 bits per heavy atom. The van der Waals surface area contributed by atoms with Crippen LogP contribution in [-0.4, -0.2) is 98.5 Å². The number of carbonyl (C=O) groups excluding carboxylic acids is 3. The smallest absolute Gasteiger partial charge is 0.312 e. The predicted molar refractivity (Wildman–Crippen MR) is 222 cm³/mol. The van der Waals surface area contributed by atoms with Crippen LogP contribution >= 0.6 is 0 Å². The number of hydrogen-bond acceptors (Lipinski definition) is 13. The molecule has 2 aromatic rings. The van der Waals surface area contributed by atoms with Gasteiger partial charge in [0.25, 0.3) is 11.7 Å². The number of allylic oxidation sites excluding steroid dienone is 2. The highest BCUT2D eigenvalue weighted by Crippen LogP contribution is 2.55. The largest absolute Gasteiger partial charge is 0.507 e. The molecule has 5 bridgehead atoms. The quantitative estimate of drug-likeness (QED) is 0.108. The summed E-state index contributed by atoms with van der Waals surface area (Å²) >= 11 is 0. The molecule has 0 aromatic heterocycles. The number of ether oxygens (including phenoxy) is 4. The normalized spacial score (nSPS) is 32.0. The maximum atomic E-state index is 14.5. The van der Waals surface area contributed by atoms with Gasteiger partial charge in [-0.05, 0) is 39.8 Å². The number of benzene rings is 2. The third-order valence-corrected chi connectivity index (χ3v) is 12.7. The van der Waals surface area contributed by atoms with E-state index in [0.717, 1.165) is 32.1 Å². The Morgan fingerprint density at radius 1 is 0.932 bits per heavy atom.